The lowest BCUT2D eigenvalue weighted by Crippen LogP contribution is -2.18. The Balaban J connectivity index is 2.23. The standard InChI is InChI=1S/C15H19ClFN3O/c1-9(18)7-11-5-4-6-12(17)15(11)21-8-13-14(16)10(2)19-20(13)3/h4-6,9H,7-8,18H2,1-3H3. The molecule has 4 nitrogen and oxygen atoms in total. The highest BCUT2D eigenvalue weighted by atomic mass is 35.5. The summed E-state index contributed by atoms with van der Waals surface area (Å²) in [6.45, 7) is 3.84. The Labute approximate surface area is 128 Å². The van der Waals surface area contributed by atoms with Crippen LogP contribution in [0.1, 0.15) is 23.9 Å². The summed E-state index contributed by atoms with van der Waals surface area (Å²) in [5, 5.41) is 4.75. The summed E-state index contributed by atoms with van der Waals surface area (Å²) in [5.41, 5.74) is 7.98. The molecule has 0 bridgehead atoms. The van der Waals surface area contributed by atoms with Crippen LogP contribution in [0.4, 0.5) is 4.39 Å². The summed E-state index contributed by atoms with van der Waals surface area (Å²) < 4.78 is 21.3. The van der Waals surface area contributed by atoms with Gasteiger partial charge in [0.05, 0.1) is 16.4 Å². The third kappa shape index (κ3) is 3.54. The summed E-state index contributed by atoms with van der Waals surface area (Å²) in [6.07, 6.45) is 0.547. The number of aryl methyl sites for hydroxylation is 2. The van der Waals surface area contributed by atoms with Crippen molar-refractivity contribution in [3.63, 3.8) is 0 Å². The van der Waals surface area contributed by atoms with Crippen LogP contribution in [0.2, 0.25) is 5.02 Å². The maximum atomic E-state index is 14.0. The maximum absolute atomic E-state index is 14.0. The summed E-state index contributed by atoms with van der Waals surface area (Å²) >= 11 is 6.17. The average Bonchev–Trinajstić information content (AvgIpc) is 2.63. The fraction of sp³-hybridized carbons (Fsp3) is 0.400. The number of aromatic nitrogens is 2. The van der Waals surface area contributed by atoms with E-state index in [1.165, 1.54) is 6.07 Å². The second-order valence-corrected chi connectivity index (χ2v) is 5.55. The highest BCUT2D eigenvalue weighted by Crippen LogP contribution is 2.27. The van der Waals surface area contributed by atoms with Gasteiger partial charge in [0.25, 0.3) is 0 Å². The molecule has 0 spiro atoms. The summed E-state index contributed by atoms with van der Waals surface area (Å²) in [6, 6.07) is 4.77. The van der Waals surface area contributed by atoms with E-state index < -0.39 is 5.82 Å². The summed E-state index contributed by atoms with van der Waals surface area (Å²) in [7, 11) is 1.78. The molecular formula is C15H19ClFN3O. The topological polar surface area (TPSA) is 53.1 Å². The zero-order chi connectivity index (χ0) is 15.6. The SMILES string of the molecule is Cc1nn(C)c(COc2c(F)cccc2CC(C)N)c1Cl. The molecule has 21 heavy (non-hydrogen) atoms. The Morgan fingerprint density at radius 2 is 2.19 bits per heavy atom. The molecule has 0 aliphatic rings. The van der Waals surface area contributed by atoms with Gasteiger partial charge < -0.3 is 10.5 Å². The lowest BCUT2D eigenvalue weighted by molar-refractivity contribution is 0.276. The molecule has 0 aliphatic carbocycles. The van der Waals surface area contributed by atoms with Crippen molar-refractivity contribution in [1.82, 2.24) is 9.78 Å². The van der Waals surface area contributed by atoms with E-state index in [1.807, 2.05) is 19.9 Å². The van der Waals surface area contributed by atoms with Gasteiger partial charge in [-0.1, -0.05) is 23.7 Å². The van der Waals surface area contributed by atoms with Crippen molar-refractivity contribution >= 4 is 11.6 Å². The van der Waals surface area contributed by atoms with Gasteiger partial charge in [0.15, 0.2) is 11.6 Å². The number of nitrogens with zero attached hydrogens (tertiary/aromatic N) is 2. The van der Waals surface area contributed by atoms with Gasteiger partial charge in [-0.2, -0.15) is 5.10 Å². The van der Waals surface area contributed by atoms with Gasteiger partial charge in [0, 0.05) is 13.1 Å². The predicted molar refractivity (Wildman–Crippen MR) is 81.0 cm³/mol. The zero-order valence-corrected chi connectivity index (χ0v) is 13.1. The first-order valence-electron chi connectivity index (χ1n) is 6.74. The van der Waals surface area contributed by atoms with Crippen molar-refractivity contribution in [3.05, 3.63) is 46.0 Å². The average molecular weight is 312 g/mol. The maximum Gasteiger partial charge on any atom is 0.165 e. The van der Waals surface area contributed by atoms with Gasteiger partial charge in [-0.15, -0.1) is 0 Å². The number of benzene rings is 1. The molecule has 0 radical (unpaired) electrons. The molecule has 114 valence electrons. The van der Waals surface area contributed by atoms with Crippen LogP contribution < -0.4 is 10.5 Å². The molecule has 1 atom stereocenters. The molecule has 0 saturated carbocycles. The Kier molecular flexibility index (Phi) is 4.85. The Bertz CT molecular complexity index is 640. The fourth-order valence-electron chi connectivity index (χ4n) is 2.20. The predicted octanol–water partition coefficient (Wildman–Crippen LogP) is 2.99. The van der Waals surface area contributed by atoms with Gasteiger partial charge in [0.2, 0.25) is 0 Å². The normalized spacial score (nSPS) is 12.5. The third-order valence-corrected chi connectivity index (χ3v) is 3.70. The van der Waals surface area contributed by atoms with E-state index in [9.17, 15) is 4.39 Å². The second-order valence-electron chi connectivity index (χ2n) is 5.17. The minimum Gasteiger partial charge on any atom is -0.484 e. The van der Waals surface area contributed by atoms with Crippen molar-refractivity contribution in [1.29, 1.82) is 0 Å². The van der Waals surface area contributed by atoms with Crippen molar-refractivity contribution in [2.75, 3.05) is 0 Å². The van der Waals surface area contributed by atoms with Crippen molar-refractivity contribution in [3.8, 4) is 5.75 Å². The molecule has 0 saturated heterocycles. The number of halogens is 2. The van der Waals surface area contributed by atoms with E-state index in [4.69, 9.17) is 22.1 Å². The Morgan fingerprint density at radius 1 is 1.48 bits per heavy atom. The molecule has 2 rings (SSSR count). The molecule has 6 heteroatoms. The van der Waals surface area contributed by atoms with Crippen molar-refractivity contribution < 1.29 is 9.13 Å². The minimum atomic E-state index is -0.400. The highest BCUT2D eigenvalue weighted by molar-refractivity contribution is 6.31. The van der Waals surface area contributed by atoms with E-state index >= 15 is 0 Å². The lowest BCUT2D eigenvalue weighted by Gasteiger charge is -2.14. The lowest BCUT2D eigenvalue weighted by atomic mass is 10.1. The van der Waals surface area contributed by atoms with Crippen LogP contribution in [0.25, 0.3) is 0 Å². The second kappa shape index (κ2) is 6.45. The summed E-state index contributed by atoms with van der Waals surface area (Å²) in [5.74, 6) is -0.173. The first-order chi connectivity index (χ1) is 9.90. The molecule has 0 amide bonds. The van der Waals surface area contributed by atoms with Crippen LogP contribution in [0.3, 0.4) is 0 Å². The molecule has 1 aromatic heterocycles. The molecule has 1 aromatic carbocycles. The molecule has 0 fully saturated rings. The number of nitrogens with two attached hydrogens (primary N) is 1. The fourth-order valence-corrected chi connectivity index (χ4v) is 2.41. The zero-order valence-electron chi connectivity index (χ0n) is 12.4. The van der Waals surface area contributed by atoms with Gasteiger partial charge in [-0.05, 0) is 31.9 Å². The van der Waals surface area contributed by atoms with E-state index in [2.05, 4.69) is 5.10 Å². The molecule has 2 N–H and O–H groups in total. The van der Waals surface area contributed by atoms with Gasteiger partial charge >= 0.3 is 0 Å². The third-order valence-electron chi connectivity index (χ3n) is 3.21. The van der Waals surface area contributed by atoms with Crippen LogP contribution in [-0.2, 0) is 20.1 Å². The highest BCUT2D eigenvalue weighted by Gasteiger charge is 2.15. The largest absolute Gasteiger partial charge is 0.484 e. The van der Waals surface area contributed by atoms with E-state index in [0.29, 0.717) is 17.1 Å². The quantitative estimate of drug-likeness (QED) is 0.923. The van der Waals surface area contributed by atoms with E-state index in [1.54, 1.807) is 17.8 Å². The first-order valence-corrected chi connectivity index (χ1v) is 7.11. The minimum absolute atomic E-state index is 0.0725. The van der Waals surface area contributed by atoms with Crippen LogP contribution in [0.5, 0.6) is 5.75 Å². The van der Waals surface area contributed by atoms with E-state index in [0.717, 1.165) is 11.3 Å². The monoisotopic (exact) mass is 311 g/mol. The smallest absolute Gasteiger partial charge is 0.165 e. The first kappa shape index (κ1) is 15.8. The number of rotatable bonds is 5. The molecule has 2 aromatic rings. The van der Waals surface area contributed by atoms with Gasteiger partial charge in [-0.3, -0.25) is 4.68 Å². The summed E-state index contributed by atoms with van der Waals surface area (Å²) in [4.78, 5) is 0. The molecular weight excluding hydrogens is 293 g/mol. The van der Waals surface area contributed by atoms with Gasteiger partial charge in [-0.25, -0.2) is 4.39 Å². The van der Waals surface area contributed by atoms with Gasteiger partial charge in [0.1, 0.15) is 6.61 Å². The number of ether oxygens (including phenoxy) is 1. The van der Waals surface area contributed by atoms with Crippen LogP contribution in [-0.4, -0.2) is 15.8 Å². The van der Waals surface area contributed by atoms with Crippen molar-refractivity contribution in [2.24, 2.45) is 12.8 Å². The number of hydrogen-bond acceptors (Lipinski definition) is 3. The molecule has 1 unspecified atom stereocenters. The molecule has 1 heterocycles. The number of hydrogen-bond donors (Lipinski definition) is 1. The number of para-hydroxylation sites is 1. The Morgan fingerprint density at radius 3 is 2.76 bits per heavy atom. The van der Waals surface area contributed by atoms with Crippen molar-refractivity contribution in [2.45, 2.75) is 32.9 Å². The van der Waals surface area contributed by atoms with Crippen LogP contribution in [0.15, 0.2) is 18.2 Å². The van der Waals surface area contributed by atoms with E-state index in [-0.39, 0.29) is 18.4 Å². The Hall–Kier alpha value is -1.59. The van der Waals surface area contributed by atoms with Crippen LogP contribution >= 0.6 is 11.6 Å². The van der Waals surface area contributed by atoms with Crippen LogP contribution in [0, 0.1) is 12.7 Å². The molecule has 0 aliphatic heterocycles.